The summed E-state index contributed by atoms with van der Waals surface area (Å²) in [5, 5.41) is 3.66. The number of hydrogen-bond donors (Lipinski definition) is 1. The van der Waals surface area contributed by atoms with Crippen molar-refractivity contribution in [2.45, 2.75) is 58.5 Å². The maximum absolute atomic E-state index is 3.66. The molecule has 0 radical (unpaired) electrons. The van der Waals surface area contributed by atoms with Crippen LogP contribution in [0.2, 0.25) is 0 Å². The minimum atomic E-state index is 0.733. The van der Waals surface area contributed by atoms with E-state index in [4.69, 9.17) is 0 Å². The second-order valence-electron chi connectivity index (χ2n) is 4.57. The van der Waals surface area contributed by atoms with Gasteiger partial charge in [0.1, 0.15) is 0 Å². The van der Waals surface area contributed by atoms with Crippen molar-refractivity contribution >= 4 is 0 Å². The molecular weight excluding hydrogens is 172 g/mol. The first kappa shape index (κ1) is 12.0. The Bertz CT molecular complexity index is 147. The molecule has 0 spiro atoms. The van der Waals surface area contributed by atoms with Gasteiger partial charge >= 0.3 is 0 Å². The lowest BCUT2D eigenvalue weighted by atomic mass is 10.1. The van der Waals surface area contributed by atoms with Gasteiger partial charge in [-0.1, -0.05) is 20.3 Å². The van der Waals surface area contributed by atoms with Crippen LogP contribution in [-0.4, -0.2) is 36.6 Å². The topological polar surface area (TPSA) is 15.3 Å². The lowest BCUT2D eigenvalue weighted by Crippen LogP contribution is -2.40. The summed E-state index contributed by atoms with van der Waals surface area (Å²) in [5.74, 6) is 0. The molecule has 0 bridgehead atoms. The summed E-state index contributed by atoms with van der Waals surface area (Å²) in [4.78, 5) is 2.65. The van der Waals surface area contributed by atoms with Crippen LogP contribution >= 0.6 is 0 Å². The van der Waals surface area contributed by atoms with Crippen molar-refractivity contribution in [2.75, 3.05) is 19.6 Å². The average molecular weight is 198 g/mol. The largest absolute Gasteiger partial charge is 0.313 e. The summed E-state index contributed by atoms with van der Waals surface area (Å²) in [5.41, 5.74) is 0. The summed E-state index contributed by atoms with van der Waals surface area (Å²) >= 11 is 0. The van der Waals surface area contributed by atoms with Crippen molar-refractivity contribution in [3.63, 3.8) is 0 Å². The van der Waals surface area contributed by atoms with Gasteiger partial charge in [0.2, 0.25) is 0 Å². The van der Waals surface area contributed by atoms with E-state index >= 15 is 0 Å². The van der Waals surface area contributed by atoms with E-state index < -0.39 is 0 Å². The lowest BCUT2D eigenvalue weighted by molar-refractivity contribution is 0.202. The van der Waals surface area contributed by atoms with Crippen LogP contribution in [0.15, 0.2) is 0 Å². The molecule has 2 unspecified atom stereocenters. The van der Waals surface area contributed by atoms with Gasteiger partial charge in [-0.05, 0) is 39.3 Å². The number of hydrogen-bond acceptors (Lipinski definition) is 2. The van der Waals surface area contributed by atoms with Gasteiger partial charge in [-0.15, -0.1) is 0 Å². The molecule has 0 amide bonds. The summed E-state index contributed by atoms with van der Waals surface area (Å²) in [6.45, 7) is 10.6. The highest BCUT2D eigenvalue weighted by molar-refractivity contribution is 4.80. The number of rotatable bonds is 4. The van der Waals surface area contributed by atoms with E-state index in [2.05, 4.69) is 31.0 Å². The Morgan fingerprint density at radius 2 is 2.07 bits per heavy atom. The monoisotopic (exact) mass is 198 g/mol. The highest BCUT2D eigenvalue weighted by atomic mass is 15.2. The van der Waals surface area contributed by atoms with Gasteiger partial charge < -0.3 is 5.32 Å². The average Bonchev–Trinajstić information content (AvgIpc) is 2.31. The highest BCUT2D eigenvalue weighted by Gasteiger charge is 2.21. The van der Waals surface area contributed by atoms with E-state index in [0.717, 1.165) is 12.1 Å². The van der Waals surface area contributed by atoms with Crippen molar-refractivity contribution in [1.82, 2.24) is 10.2 Å². The Labute approximate surface area is 89.1 Å². The van der Waals surface area contributed by atoms with Crippen LogP contribution in [0.5, 0.6) is 0 Å². The molecule has 1 saturated heterocycles. The molecule has 84 valence electrons. The second kappa shape index (κ2) is 6.41. The first-order valence-electron chi connectivity index (χ1n) is 6.25. The number of nitrogens with one attached hydrogen (secondary N) is 1. The highest BCUT2D eigenvalue weighted by Crippen LogP contribution is 2.11. The van der Waals surface area contributed by atoms with Crippen LogP contribution in [0.25, 0.3) is 0 Å². The Kier molecular flexibility index (Phi) is 5.49. The fourth-order valence-electron chi connectivity index (χ4n) is 2.35. The van der Waals surface area contributed by atoms with E-state index in [1.54, 1.807) is 0 Å². The van der Waals surface area contributed by atoms with Crippen LogP contribution in [0.3, 0.4) is 0 Å². The van der Waals surface area contributed by atoms with Gasteiger partial charge in [0.05, 0.1) is 0 Å². The Balaban J connectivity index is 2.44. The lowest BCUT2D eigenvalue weighted by Gasteiger charge is -2.28. The van der Waals surface area contributed by atoms with Crippen LogP contribution in [-0.2, 0) is 0 Å². The van der Waals surface area contributed by atoms with Gasteiger partial charge in [0.15, 0.2) is 0 Å². The van der Waals surface area contributed by atoms with Crippen LogP contribution in [0.1, 0.15) is 46.5 Å². The third-order valence-corrected chi connectivity index (χ3v) is 3.22. The molecule has 1 N–H and O–H groups in total. The van der Waals surface area contributed by atoms with E-state index in [1.807, 2.05) is 0 Å². The molecule has 14 heavy (non-hydrogen) atoms. The smallest absolute Gasteiger partial charge is 0.0195 e. The van der Waals surface area contributed by atoms with Crippen LogP contribution in [0, 0.1) is 0 Å². The summed E-state index contributed by atoms with van der Waals surface area (Å²) in [6.07, 6.45) is 5.21. The maximum atomic E-state index is 3.66. The third-order valence-electron chi connectivity index (χ3n) is 3.22. The zero-order chi connectivity index (χ0) is 10.4. The molecule has 1 heterocycles. The third kappa shape index (κ3) is 3.58. The van der Waals surface area contributed by atoms with Gasteiger partial charge in [0.25, 0.3) is 0 Å². The predicted molar refractivity (Wildman–Crippen MR) is 62.6 cm³/mol. The minimum absolute atomic E-state index is 0.733. The Morgan fingerprint density at radius 1 is 1.29 bits per heavy atom. The quantitative estimate of drug-likeness (QED) is 0.745. The molecule has 1 aliphatic heterocycles. The van der Waals surface area contributed by atoms with Crippen LogP contribution < -0.4 is 5.32 Å². The first-order chi connectivity index (χ1) is 6.77. The molecular formula is C12H26N2. The fourth-order valence-corrected chi connectivity index (χ4v) is 2.35. The summed E-state index contributed by atoms with van der Waals surface area (Å²) < 4.78 is 0. The molecule has 2 heteroatoms. The SMILES string of the molecule is CCCC1CN(CCC)C(C)CCN1. The molecule has 0 aromatic carbocycles. The fraction of sp³-hybridized carbons (Fsp3) is 1.00. The minimum Gasteiger partial charge on any atom is -0.313 e. The zero-order valence-electron chi connectivity index (χ0n) is 10.1. The zero-order valence-corrected chi connectivity index (χ0v) is 10.1. The molecule has 0 aromatic heterocycles. The van der Waals surface area contributed by atoms with Crippen molar-refractivity contribution < 1.29 is 0 Å². The van der Waals surface area contributed by atoms with E-state index in [0.29, 0.717) is 0 Å². The van der Waals surface area contributed by atoms with E-state index in [1.165, 1.54) is 45.3 Å². The molecule has 2 atom stereocenters. The molecule has 0 aliphatic carbocycles. The molecule has 1 fully saturated rings. The van der Waals surface area contributed by atoms with Crippen molar-refractivity contribution in [3.05, 3.63) is 0 Å². The maximum Gasteiger partial charge on any atom is 0.0195 e. The van der Waals surface area contributed by atoms with Crippen molar-refractivity contribution in [1.29, 1.82) is 0 Å². The molecule has 0 saturated carbocycles. The summed E-state index contributed by atoms with van der Waals surface area (Å²) in [6, 6.07) is 1.50. The van der Waals surface area contributed by atoms with Crippen LogP contribution in [0.4, 0.5) is 0 Å². The molecule has 2 nitrogen and oxygen atoms in total. The molecule has 1 rings (SSSR count). The molecule has 1 aliphatic rings. The predicted octanol–water partition coefficient (Wildman–Crippen LogP) is 2.25. The Hall–Kier alpha value is -0.0800. The standard InChI is InChI=1S/C12H26N2/c1-4-6-12-10-14(9-5-2)11(3)7-8-13-12/h11-13H,4-10H2,1-3H3. The number of nitrogens with zero attached hydrogens (tertiary/aromatic N) is 1. The van der Waals surface area contributed by atoms with E-state index in [-0.39, 0.29) is 0 Å². The van der Waals surface area contributed by atoms with Gasteiger partial charge in [-0.3, -0.25) is 4.90 Å². The molecule has 0 aromatic rings. The second-order valence-corrected chi connectivity index (χ2v) is 4.57. The van der Waals surface area contributed by atoms with Gasteiger partial charge in [-0.2, -0.15) is 0 Å². The van der Waals surface area contributed by atoms with E-state index in [9.17, 15) is 0 Å². The normalized spacial score (nSPS) is 30.2. The van der Waals surface area contributed by atoms with Gasteiger partial charge in [0, 0.05) is 18.6 Å². The van der Waals surface area contributed by atoms with Crippen molar-refractivity contribution in [3.8, 4) is 0 Å². The van der Waals surface area contributed by atoms with Gasteiger partial charge in [-0.25, -0.2) is 0 Å². The summed E-state index contributed by atoms with van der Waals surface area (Å²) in [7, 11) is 0. The Morgan fingerprint density at radius 3 is 2.71 bits per heavy atom. The van der Waals surface area contributed by atoms with Crippen molar-refractivity contribution in [2.24, 2.45) is 0 Å². The first-order valence-corrected chi connectivity index (χ1v) is 6.25.